The third kappa shape index (κ3) is 4.58. The van der Waals surface area contributed by atoms with Crippen molar-refractivity contribution in [3.63, 3.8) is 0 Å². The van der Waals surface area contributed by atoms with E-state index in [0.29, 0.717) is 25.7 Å². The zero-order valence-electron chi connectivity index (χ0n) is 23.8. The first-order valence-electron chi connectivity index (χ1n) is 13.6. The number of hydrogen-bond acceptors (Lipinski definition) is 8. The third-order valence-corrected chi connectivity index (χ3v) is 9.42. The minimum atomic E-state index is -1.20. The Morgan fingerprint density at radius 2 is 1.87 bits per heavy atom. The maximum absolute atomic E-state index is 13.8. The summed E-state index contributed by atoms with van der Waals surface area (Å²) in [5.41, 5.74) is -1.44. The molecule has 2 N–H and O–H groups in total. The van der Waals surface area contributed by atoms with Crippen molar-refractivity contribution in [1.29, 1.82) is 0 Å². The van der Waals surface area contributed by atoms with Gasteiger partial charge in [-0.3, -0.25) is 14.4 Å². The molecule has 4 rings (SSSR count). The normalized spacial score (nSPS) is 37.3. The number of Topliss-reactive ketones (excluding diaryl/α,β-unsaturated/α-hetero) is 1. The standard InChI is InChI=1S/C30H42O8/c1-9-15(2)25(36-17(4)31)16(3)18-14-19(32)22-24(34)27-29(7)12-10-20(28(5,6)35)37-21(29)11-13-30(27,8)38-26(22)23(18)33/h9,14,16,20-21,24-25,27,34-35H,10-13H2,1-8H3/b15-9+/t16-,20+,21+,24+,25+,27?,29-,30+/m0/s1. The summed E-state index contributed by atoms with van der Waals surface area (Å²) in [5.74, 6) is -2.57. The highest BCUT2D eigenvalue weighted by atomic mass is 16.5. The van der Waals surface area contributed by atoms with E-state index < -0.39 is 58.2 Å². The molecule has 0 aromatic rings. The summed E-state index contributed by atoms with van der Waals surface area (Å²) in [6, 6.07) is 0. The Kier molecular flexibility index (Phi) is 7.34. The molecule has 8 nitrogen and oxygen atoms in total. The average Bonchev–Trinajstić information content (AvgIpc) is 2.81. The molecule has 8 atom stereocenters. The molecule has 0 aromatic carbocycles. The summed E-state index contributed by atoms with van der Waals surface area (Å²) < 4.78 is 18.4. The van der Waals surface area contributed by atoms with Gasteiger partial charge in [-0.15, -0.1) is 0 Å². The Labute approximate surface area is 225 Å². The van der Waals surface area contributed by atoms with Gasteiger partial charge in [-0.05, 0) is 72.0 Å². The zero-order chi connectivity index (χ0) is 28.4. The second-order valence-corrected chi connectivity index (χ2v) is 12.6. The van der Waals surface area contributed by atoms with E-state index in [0.717, 1.165) is 5.57 Å². The summed E-state index contributed by atoms with van der Waals surface area (Å²) >= 11 is 0. The van der Waals surface area contributed by atoms with E-state index >= 15 is 0 Å². The summed E-state index contributed by atoms with van der Waals surface area (Å²) in [5, 5.41) is 22.3. The molecule has 8 heteroatoms. The van der Waals surface area contributed by atoms with Crippen LogP contribution in [0.5, 0.6) is 0 Å². The predicted molar refractivity (Wildman–Crippen MR) is 140 cm³/mol. The van der Waals surface area contributed by atoms with Crippen molar-refractivity contribution in [3.8, 4) is 0 Å². The number of allylic oxidation sites excluding steroid dienone is 3. The van der Waals surface area contributed by atoms with Crippen molar-refractivity contribution in [2.45, 2.75) is 117 Å². The van der Waals surface area contributed by atoms with E-state index in [2.05, 4.69) is 6.92 Å². The highest BCUT2D eigenvalue weighted by molar-refractivity contribution is 6.22. The van der Waals surface area contributed by atoms with E-state index in [1.54, 1.807) is 20.8 Å². The molecule has 0 bridgehead atoms. The van der Waals surface area contributed by atoms with Crippen LogP contribution in [0.2, 0.25) is 0 Å². The molecule has 210 valence electrons. The van der Waals surface area contributed by atoms with Crippen LogP contribution in [0.3, 0.4) is 0 Å². The SMILES string of the molecule is C/C=C(\C)[C@@H](OC(C)=O)[C@@H](C)C1=CC(=O)C2=C(O[C@]3(C)CC[C@H]4O[C@@H](C(C)(C)O)CC[C@]4(C)C3[C@@H]2O)C1=O. The Balaban J connectivity index is 1.68. The lowest BCUT2D eigenvalue weighted by atomic mass is 9.52. The van der Waals surface area contributed by atoms with Crippen LogP contribution in [0.25, 0.3) is 0 Å². The number of esters is 1. The Morgan fingerprint density at radius 3 is 2.45 bits per heavy atom. The van der Waals surface area contributed by atoms with Crippen LogP contribution in [0, 0.1) is 17.3 Å². The first kappa shape index (κ1) is 28.7. The van der Waals surface area contributed by atoms with Crippen molar-refractivity contribution < 1.29 is 38.8 Å². The summed E-state index contributed by atoms with van der Waals surface area (Å²) in [7, 11) is 0. The molecule has 2 fully saturated rings. The predicted octanol–water partition coefficient (Wildman–Crippen LogP) is 3.74. The van der Waals surface area contributed by atoms with Crippen molar-refractivity contribution in [1.82, 2.24) is 0 Å². The van der Waals surface area contributed by atoms with Gasteiger partial charge in [0.15, 0.2) is 11.5 Å². The van der Waals surface area contributed by atoms with Crippen LogP contribution in [0.4, 0.5) is 0 Å². The Hall–Kier alpha value is -2.29. The largest absolute Gasteiger partial charge is 0.482 e. The van der Waals surface area contributed by atoms with Gasteiger partial charge in [-0.2, -0.15) is 0 Å². The monoisotopic (exact) mass is 530 g/mol. The summed E-state index contributed by atoms with van der Waals surface area (Å²) in [6.07, 6.45) is 3.07. The highest BCUT2D eigenvalue weighted by Crippen LogP contribution is 2.59. The smallest absolute Gasteiger partial charge is 0.303 e. The summed E-state index contributed by atoms with van der Waals surface area (Å²) in [4.78, 5) is 39.1. The second-order valence-electron chi connectivity index (χ2n) is 12.6. The van der Waals surface area contributed by atoms with Crippen LogP contribution < -0.4 is 0 Å². The van der Waals surface area contributed by atoms with Crippen LogP contribution in [0.15, 0.2) is 34.6 Å². The number of aliphatic hydroxyl groups excluding tert-OH is 1. The maximum atomic E-state index is 13.8. The number of rotatable bonds is 5. The van der Waals surface area contributed by atoms with E-state index in [4.69, 9.17) is 14.2 Å². The molecule has 0 spiro atoms. The number of carbonyl (C=O) groups excluding carboxylic acids is 3. The molecule has 0 amide bonds. The van der Waals surface area contributed by atoms with Gasteiger partial charge < -0.3 is 24.4 Å². The van der Waals surface area contributed by atoms with Crippen molar-refractivity contribution in [2.24, 2.45) is 17.3 Å². The Bertz CT molecular complexity index is 1120. The van der Waals surface area contributed by atoms with E-state index in [-0.39, 0.29) is 29.1 Å². The summed E-state index contributed by atoms with van der Waals surface area (Å²) in [6.45, 7) is 14.1. The number of aliphatic hydroxyl groups is 2. The minimum Gasteiger partial charge on any atom is -0.482 e. The van der Waals surface area contributed by atoms with Crippen molar-refractivity contribution >= 4 is 17.5 Å². The van der Waals surface area contributed by atoms with E-state index in [1.165, 1.54) is 13.0 Å². The molecule has 1 saturated heterocycles. The number of carbonyl (C=O) groups is 3. The average molecular weight is 531 g/mol. The topological polar surface area (TPSA) is 119 Å². The second kappa shape index (κ2) is 9.72. The molecule has 2 heterocycles. The molecule has 4 aliphatic rings. The molecular formula is C30H42O8. The van der Waals surface area contributed by atoms with Gasteiger partial charge in [0, 0.05) is 29.7 Å². The number of hydrogen-bond donors (Lipinski definition) is 2. The van der Waals surface area contributed by atoms with E-state index in [1.807, 2.05) is 26.8 Å². The van der Waals surface area contributed by atoms with Crippen LogP contribution >= 0.6 is 0 Å². The van der Waals surface area contributed by atoms with Gasteiger partial charge in [0.25, 0.3) is 0 Å². The third-order valence-electron chi connectivity index (χ3n) is 9.42. The van der Waals surface area contributed by atoms with Gasteiger partial charge >= 0.3 is 5.97 Å². The quantitative estimate of drug-likeness (QED) is 0.314. The highest BCUT2D eigenvalue weighted by Gasteiger charge is 2.64. The molecule has 1 saturated carbocycles. The van der Waals surface area contributed by atoms with Crippen LogP contribution in [0.1, 0.15) is 81.1 Å². The minimum absolute atomic E-state index is 0.00768. The number of ether oxygens (including phenoxy) is 3. The van der Waals surface area contributed by atoms with Gasteiger partial charge in [0.1, 0.15) is 11.7 Å². The van der Waals surface area contributed by atoms with Gasteiger partial charge in [-0.25, -0.2) is 0 Å². The van der Waals surface area contributed by atoms with Gasteiger partial charge in [-0.1, -0.05) is 19.9 Å². The Morgan fingerprint density at radius 1 is 1.21 bits per heavy atom. The lowest BCUT2D eigenvalue weighted by Gasteiger charge is -2.61. The molecule has 2 aliphatic heterocycles. The molecule has 0 aromatic heterocycles. The lowest BCUT2D eigenvalue weighted by Crippen LogP contribution is -2.66. The van der Waals surface area contributed by atoms with E-state index in [9.17, 15) is 24.6 Å². The maximum Gasteiger partial charge on any atom is 0.303 e. The van der Waals surface area contributed by atoms with Gasteiger partial charge in [0.05, 0.1) is 29.5 Å². The van der Waals surface area contributed by atoms with Crippen molar-refractivity contribution in [3.05, 3.63) is 34.6 Å². The molecule has 38 heavy (non-hydrogen) atoms. The molecule has 2 aliphatic carbocycles. The molecule has 1 unspecified atom stereocenters. The first-order valence-corrected chi connectivity index (χ1v) is 13.6. The fourth-order valence-electron chi connectivity index (χ4n) is 7.24. The van der Waals surface area contributed by atoms with Crippen LogP contribution in [-0.2, 0) is 28.6 Å². The fraction of sp³-hybridized carbons (Fsp3) is 0.700. The van der Waals surface area contributed by atoms with Crippen molar-refractivity contribution in [2.75, 3.05) is 0 Å². The first-order chi connectivity index (χ1) is 17.5. The number of ketones is 2. The number of fused-ring (bicyclic) bond motifs is 3. The zero-order valence-corrected chi connectivity index (χ0v) is 23.8. The fourth-order valence-corrected chi connectivity index (χ4v) is 7.24. The molecule has 0 radical (unpaired) electrons. The van der Waals surface area contributed by atoms with Gasteiger partial charge in [0.2, 0.25) is 5.78 Å². The molecular weight excluding hydrogens is 488 g/mol. The van der Waals surface area contributed by atoms with Crippen LogP contribution in [-0.4, -0.2) is 63.4 Å². The lowest BCUT2D eigenvalue weighted by molar-refractivity contribution is -0.260.